The lowest BCUT2D eigenvalue weighted by Crippen LogP contribution is -2.35. The molecule has 5 nitrogen and oxygen atoms in total. The Bertz CT molecular complexity index is 937. The van der Waals surface area contributed by atoms with Crippen LogP contribution in [0.1, 0.15) is 5.69 Å². The van der Waals surface area contributed by atoms with Gasteiger partial charge in [0.1, 0.15) is 0 Å². The quantitative estimate of drug-likeness (QED) is 0.489. The highest BCUT2D eigenvalue weighted by Gasteiger charge is 2.34. The van der Waals surface area contributed by atoms with Gasteiger partial charge in [-0.3, -0.25) is 10.9 Å². The van der Waals surface area contributed by atoms with Crippen LogP contribution >= 0.6 is 12.2 Å². The lowest BCUT2D eigenvalue weighted by Gasteiger charge is -2.13. The minimum atomic E-state index is -4.62. The van der Waals surface area contributed by atoms with Crippen molar-refractivity contribution in [3.05, 3.63) is 54.2 Å². The van der Waals surface area contributed by atoms with E-state index >= 15 is 0 Å². The summed E-state index contributed by atoms with van der Waals surface area (Å²) < 4.78 is 39.6. The van der Waals surface area contributed by atoms with Crippen molar-refractivity contribution in [1.82, 2.24) is 15.4 Å². The maximum Gasteiger partial charge on any atom is 0.433 e. The van der Waals surface area contributed by atoms with Gasteiger partial charge in [0.25, 0.3) is 0 Å². The molecular weight excluding hydrogens is 351 g/mol. The summed E-state index contributed by atoms with van der Waals surface area (Å²) in [5.74, 6) is -0.287. The molecule has 0 radical (unpaired) electrons. The van der Waals surface area contributed by atoms with Crippen LogP contribution in [0.3, 0.4) is 0 Å². The molecule has 4 N–H and O–H groups in total. The van der Waals surface area contributed by atoms with Gasteiger partial charge in [-0.2, -0.15) is 13.2 Å². The van der Waals surface area contributed by atoms with E-state index in [1.165, 1.54) is 0 Å². The molecule has 9 heteroatoms. The molecule has 128 valence electrons. The maximum atomic E-state index is 13.2. The number of hydrogen-bond donors (Lipinski definition) is 3. The minimum Gasteiger partial charge on any atom is -0.375 e. The van der Waals surface area contributed by atoms with E-state index < -0.39 is 11.9 Å². The molecule has 0 bridgehead atoms. The molecule has 0 amide bonds. The number of nitrogens with two attached hydrogens (primary N) is 1. The number of hydrogen-bond acceptors (Lipinski definition) is 4. The Morgan fingerprint density at radius 2 is 1.76 bits per heavy atom. The van der Waals surface area contributed by atoms with Crippen LogP contribution in [0.2, 0.25) is 0 Å². The average molecular weight is 363 g/mol. The predicted octanol–water partition coefficient (Wildman–Crippen LogP) is 3.48. The number of nitrogens with one attached hydrogen (secondary N) is 2. The first-order valence-corrected chi connectivity index (χ1v) is 7.51. The van der Waals surface area contributed by atoms with Crippen molar-refractivity contribution < 1.29 is 13.2 Å². The largest absolute Gasteiger partial charge is 0.433 e. The highest BCUT2D eigenvalue weighted by molar-refractivity contribution is 7.80. The Kier molecular flexibility index (Phi) is 4.41. The number of alkyl halides is 3. The van der Waals surface area contributed by atoms with E-state index in [4.69, 9.17) is 5.73 Å². The van der Waals surface area contributed by atoms with Gasteiger partial charge < -0.3 is 5.73 Å². The second kappa shape index (κ2) is 6.52. The molecule has 0 saturated carbocycles. The third kappa shape index (κ3) is 3.77. The van der Waals surface area contributed by atoms with E-state index in [1.807, 2.05) is 30.3 Å². The van der Waals surface area contributed by atoms with Gasteiger partial charge in [-0.05, 0) is 29.1 Å². The smallest absolute Gasteiger partial charge is 0.375 e. The van der Waals surface area contributed by atoms with Crippen LogP contribution in [-0.2, 0) is 6.18 Å². The monoisotopic (exact) mass is 363 g/mol. The number of benzene rings is 2. The summed E-state index contributed by atoms with van der Waals surface area (Å²) >= 11 is 4.62. The van der Waals surface area contributed by atoms with Gasteiger partial charge in [0, 0.05) is 5.56 Å². The lowest BCUT2D eigenvalue weighted by molar-refractivity contribution is -0.141. The summed E-state index contributed by atoms with van der Waals surface area (Å²) in [5, 5.41) is 1.53. The zero-order valence-corrected chi connectivity index (χ0v) is 13.4. The first kappa shape index (κ1) is 16.9. The summed E-state index contributed by atoms with van der Waals surface area (Å²) in [5.41, 5.74) is 9.59. The van der Waals surface area contributed by atoms with Crippen LogP contribution in [0.25, 0.3) is 22.0 Å². The molecule has 25 heavy (non-hydrogen) atoms. The van der Waals surface area contributed by atoms with Crippen molar-refractivity contribution in [3.8, 4) is 11.3 Å². The van der Waals surface area contributed by atoms with Crippen LogP contribution in [0, 0.1) is 0 Å². The molecule has 3 aromatic rings. The Labute approximate surface area is 146 Å². The number of anilines is 1. The van der Waals surface area contributed by atoms with E-state index in [0.29, 0.717) is 5.56 Å². The molecule has 1 heterocycles. The fourth-order valence-electron chi connectivity index (χ4n) is 2.35. The summed E-state index contributed by atoms with van der Waals surface area (Å²) in [4.78, 5) is 7.60. The van der Waals surface area contributed by atoms with Crippen LogP contribution in [0.5, 0.6) is 0 Å². The number of rotatable bonds is 3. The number of hydrazine groups is 1. The van der Waals surface area contributed by atoms with E-state index in [9.17, 15) is 13.2 Å². The second-order valence-corrected chi connectivity index (χ2v) is 5.54. The highest BCUT2D eigenvalue weighted by atomic mass is 32.1. The molecule has 2 aromatic carbocycles. The fraction of sp³-hybridized carbons (Fsp3) is 0.0625. The molecule has 0 atom stereocenters. The van der Waals surface area contributed by atoms with Gasteiger partial charge in [0.2, 0.25) is 5.95 Å². The van der Waals surface area contributed by atoms with E-state index in [-0.39, 0.29) is 16.8 Å². The van der Waals surface area contributed by atoms with E-state index in [2.05, 4.69) is 33.0 Å². The minimum absolute atomic E-state index is 0.131. The Hall–Kier alpha value is -2.94. The van der Waals surface area contributed by atoms with Crippen molar-refractivity contribution in [2.45, 2.75) is 6.18 Å². The van der Waals surface area contributed by atoms with Crippen molar-refractivity contribution in [2.24, 2.45) is 5.73 Å². The average Bonchev–Trinajstić information content (AvgIpc) is 2.58. The molecule has 3 rings (SSSR count). The third-order valence-corrected chi connectivity index (χ3v) is 3.48. The lowest BCUT2D eigenvalue weighted by atomic mass is 10.0. The molecule has 0 unspecified atom stereocenters. The molecule has 0 aliphatic rings. The Morgan fingerprint density at radius 1 is 1.04 bits per heavy atom. The number of aromatic nitrogens is 2. The molecule has 1 aromatic heterocycles. The molecule has 0 aliphatic carbocycles. The summed E-state index contributed by atoms with van der Waals surface area (Å²) in [6, 6.07) is 13.6. The summed E-state index contributed by atoms with van der Waals surface area (Å²) in [6.45, 7) is 0. The zero-order chi connectivity index (χ0) is 18.0. The predicted molar refractivity (Wildman–Crippen MR) is 93.5 cm³/mol. The molecule has 0 spiro atoms. The normalized spacial score (nSPS) is 11.3. The second-order valence-electron chi connectivity index (χ2n) is 5.10. The van der Waals surface area contributed by atoms with Crippen molar-refractivity contribution in [3.63, 3.8) is 0 Å². The fourth-order valence-corrected chi connectivity index (χ4v) is 2.40. The first-order chi connectivity index (χ1) is 11.8. The molecular formula is C16H12F3N5S. The van der Waals surface area contributed by atoms with Gasteiger partial charge in [-0.1, -0.05) is 42.5 Å². The number of fused-ring (bicyclic) bond motifs is 1. The third-order valence-electron chi connectivity index (χ3n) is 3.38. The van der Waals surface area contributed by atoms with Crippen LogP contribution < -0.4 is 16.6 Å². The highest BCUT2D eigenvalue weighted by Crippen LogP contribution is 2.33. The van der Waals surface area contributed by atoms with E-state index in [0.717, 1.165) is 16.8 Å². The standard InChI is InChI=1S/C16H12F3N5S/c17-16(18,19)13-8-12(21-15(22-13)24-23-14(20)25)11-7-3-5-9-4-1-2-6-10(9)11/h1-8H,(H3,20,23,25)(H,21,22,24). The van der Waals surface area contributed by atoms with Crippen molar-refractivity contribution >= 4 is 34.1 Å². The Morgan fingerprint density at radius 3 is 2.48 bits per heavy atom. The van der Waals surface area contributed by atoms with Crippen molar-refractivity contribution in [2.75, 3.05) is 5.43 Å². The topological polar surface area (TPSA) is 75.9 Å². The maximum absolute atomic E-state index is 13.2. The van der Waals surface area contributed by atoms with Gasteiger partial charge in [-0.25, -0.2) is 9.97 Å². The summed E-state index contributed by atoms with van der Waals surface area (Å²) in [7, 11) is 0. The Balaban J connectivity index is 2.16. The van der Waals surface area contributed by atoms with Crippen molar-refractivity contribution in [1.29, 1.82) is 0 Å². The SMILES string of the molecule is NC(=S)NNc1nc(-c2cccc3ccccc23)cc(C(F)(F)F)n1. The molecule has 0 saturated heterocycles. The van der Waals surface area contributed by atoms with E-state index in [1.54, 1.807) is 12.1 Å². The molecule has 0 aliphatic heterocycles. The zero-order valence-electron chi connectivity index (χ0n) is 12.6. The number of halogens is 3. The van der Waals surface area contributed by atoms with Crippen LogP contribution in [0.4, 0.5) is 19.1 Å². The van der Waals surface area contributed by atoms with Crippen LogP contribution in [0.15, 0.2) is 48.5 Å². The van der Waals surface area contributed by atoms with Gasteiger partial charge in [0.15, 0.2) is 10.8 Å². The van der Waals surface area contributed by atoms with Crippen LogP contribution in [-0.4, -0.2) is 15.1 Å². The summed E-state index contributed by atoms with van der Waals surface area (Å²) in [6.07, 6.45) is -4.62. The van der Waals surface area contributed by atoms with Gasteiger partial charge in [0.05, 0.1) is 5.69 Å². The van der Waals surface area contributed by atoms with Gasteiger partial charge >= 0.3 is 6.18 Å². The molecule has 0 fully saturated rings. The number of thiocarbonyl (C=S) groups is 1. The number of nitrogens with zero attached hydrogens (tertiary/aromatic N) is 2. The van der Waals surface area contributed by atoms with Gasteiger partial charge in [-0.15, -0.1) is 0 Å². The first-order valence-electron chi connectivity index (χ1n) is 7.10.